The number of hydrogen-bond acceptors (Lipinski definition) is 5. The number of piperazine rings is 1. The van der Waals surface area contributed by atoms with Gasteiger partial charge in [-0.2, -0.15) is 0 Å². The molecule has 30 heavy (non-hydrogen) atoms. The number of hydrogen-bond donors (Lipinski definition) is 1. The molecule has 0 aliphatic carbocycles. The Morgan fingerprint density at radius 2 is 1.53 bits per heavy atom. The van der Waals surface area contributed by atoms with Crippen molar-refractivity contribution >= 4 is 11.6 Å². The third kappa shape index (κ3) is 4.87. The molecule has 8 heteroatoms. The van der Waals surface area contributed by atoms with Crippen molar-refractivity contribution in [2.75, 3.05) is 59.5 Å². The molecule has 1 fully saturated rings. The molecule has 7 nitrogen and oxygen atoms in total. The molecule has 0 atom stereocenters. The number of nitrogens with one attached hydrogen (secondary N) is 1. The summed E-state index contributed by atoms with van der Waals surface area (Å²) in [6, 6.07) is 10.4. The fourth-order valence-electron chi connectivity index (χ4n) is 3.57. The van der Waals surface area contributed by atoms with Crippen LogP contribution in [0.25, 0.3) is 0 Å². The highest BCUT2D eigenvalue weighted by Gasteiger charge is 2.20. The van der Waals surface area contributed by atoms with Crippen molar-refractivity contribution in [1.82, 2.24) is 10.2 Å². The summed E-state index contributed by atoms with van der Waals surface area (Å²) in [5.74, 6) is 2.60. The van der Waals surface area contributed by atoms with Crippen LogP contribution in [0.3, 0.4) is 0 Å². The molecule has 0 saturated carbocycles. The van der Waals surface area contributed by atoms with Gasteiger partial charge in [-0.25, -0.2) is 4.39 Å². The van der Waals surface area contributed by atoms with Crippen LogP contribution in [0.15, 0.2) is 41.4 Å². The molecule has 1 heterocycles. The van der Waals surface area contributed by atoms with Crippen molar-refractivity contribution in [2.24, 2.45) is 4.99 Å². The van der Waals surface area contributed by atoms with Crippen molar-refractivity contribution in [3.63, 3.8) is 0 Å². The zero-order valence-corrected chi connectivity index (χ0v) is 17.9. The average Bonchev–Trinajstić information content (AvgIpc) is 2.80. The maximum absolute atomic E-state index is 13.2. The molecule has 1 saturated heterocycles. The van der Waals surface area contributed by atoms with Gasteiger partial charge < -0.3 is 29.3 Å². The molecule has 0 amide bonds. The van der Waals surface area contributed by atoms with Gasteiger partial charge in [-0.15, -0.1) is 0 Å². The monoisotopic (exact) mass is 416 g/mol. The van der Waals surface area contributed by atoms with E-state index < -0.39 is 0 Å². The molecular formula is C22H29FN4O3. The van der Waals surface area contributed by atoms with Crippen molar-refractivity contribution in [3.8, 4) is 17.2 Å². The minimum absolute atomic E-state index is 0.215. The minimum atomic E-state index is -0.215. The van der Waals surface area contributed by atoms with Crippen LogP contribution >= 0.6 is 0 Å². The topological polar surface area (TPSA) is 58.6 Å². The first-order valence-corrected chi connectivity index (χ1v) is 9.84. The summed E-state index contributed by atoms with van der Waals surface area (Å²) in [5, 5.41) is 3.41. The first kappa shape index (κ1) is 21.5. The maximum atomic E-state index is 13.2. The molecule has 0 radical (unpaired) electrons. The number of anilines is 1. The summed E-state index contributed by atoms with van der Waals surface area (Å²) in [7, 11) is 6.62. The Labute approximate surface area is 177 Å². The Hall–Kier alpha value is -3.16. The van der Waals surface area contributed by atoms with Gasteiger partial charge in [0.1, 0.15) is 11.6 Å². The van der Waals surface area contributed by atoms with Gasteiger partial charge in [0, 0.05) is 57.1 Å². The summed E-state index contributed by atoms with van der Waals surface area (Å²) < 4.78 is 29.4. The molecule has 0 bridgehead atoms. The molecule has 1 N–H and O–H groups in total. The van der Waals surface area contributed by atoms with E-state index in [1.807, 2.05) is 24.3 Å². The van der Waals surface area contributed by atoms with E-state index in [0.717, 1.165) is 49.1 Å². The van der Waals surface area contributed by atoms with Crippen molar-refractivity contribution < 1.29 is 18.6 Å². The molecule has 2 aromatic rings. The van der Waals surface area contributed by atoms with Crippen LogP contribution in [0, 0.1) is 5.82 Å². The number of halogens is 1. The zero-order valence-electron chi connectivity index (χ0n) is 17.9. The van der Waals surface area contributed by atoms with Gasteiger partial charge in [-0.3, -0.25) is 4.99 Å². The first-order chi connectivity index (χ1) is 14.6. The number of aliphatic imine (C=N–C) groups is 1. The predicted molar refractivity (Wildman–Crippen MR) is 116 cm³/mol. The molecule has 0 unspecified atom stereocenters. The van der Waals surface area contributed by atoms with E-state index in [9.17, 15) is 4.39 Å². The number of nitrogens with zero attached hydrogens (tertiary/aromatic N) is 3. The van der Waals surface area contributed by atoms with E-state index in [1.54, 1.807) is 28.4 Å². The lowest BCUT2D eigenvalue weighted by atomic mass is 10.1. The Kier molecular flexibility index (Phi) is 7.21. The van der Waals surface area contributed by atoms with Crippen LogP contribution in [0.2, 0.25) is 0 Å². The molecule has 3 rings (SSSR count). The molecule has 2 aromatic carbocycles. The summed E-state index contributed by atoms with van der Waals surface area (Å²) in [5.41, 5.74) is 1.98. The van der Waals surface area contributed by atoms with Crippen LogP contribution in [-0.2, 0) is 6.54 Å². The minimum Gasteiger partial charge on any atom is -0.496 e. The Bertz CT molecular complexity index is 865. The highest BCUT2D eigenvalue weighted by Crippen LogP contribution is 2.34. The predicted octanol–water partition coefficient (Wildman–Crippen LogP) is 2.75. The van der Waals surface area contributed by atoms with Crippen LogP contribution in [0.4, 0.5) is 10.1 Å². The number of ether oxygens (including phenoxy) is 3. The Morgan fingerprint density at radius 3 is 2.10 bits per heavy atom. The van der Waals surface area contributed by atoms with Crippen molar-refractivity contribution in [3.05, 3.63) is 47.8 Å². The second-order valence-corrected chi connectivity index (χ2v) is 6.87. The Balaban J connectivity index is 1.62. The lowest BCUT2D eigenvalue weighted by molar-refractivity contribution is 0.346. The molecule has 0 spiro atoms. The molecule has 1 aliphatic heterocycles. The molecule has 1 aliphatic rings. The van der Waals surface area contributed by atoms with Crippen LogP contribution in [0.5, 0.6) is 17.2 Å². The Morgan fingerprint density at radius 1 is 0.933 bits per heavy atom. The normalized spacial score (nSPS) is 14.5. The third-order valence-electron chi connectivity index (χ3n) is 5.21. The summed E-state index contributed by atoms with van der Waals surface area (Å²) >= 11 is 0. The van der Waals surface area contributed by atoms with E-state index in [0.29, 0.717) is 18.0 Å². The molecular weight excluding hydrogens is 387 g/mol. The van der Waals surface area contributed by atoms with E-state index in [1.165, 1.54) is 12.1 Å². The van der Waals surface area contributed by atoms with Gasteiger partial charge in [0.25, 0.3) is 0 Å². The lowest BCUT2D eigenvalue weighted by Gasteiger charge is -2.37. The van der Waals surface area contributed by atoms with Gasteiger partial charge in [0.05, 0.1) is 21.3 Å². The highest BCUT2D eigenvalue weighted by molar-refractivity contribution is 5.80. The molecule has 0 aromatic heterocycles. The van der Waals surface area contributed by atoms with E-state index in [4.69, 9.17) is 14.2 Å². The van der Waals surface area contributed by atoms with E-state index in [2.05, 4.69) is 20.1 Å². The number of benzene rings is 2. The largest absolute Gasteiger partial charge is 0.496 e. The number of guanidine groups is 1. The van der Waals surface area contributed by atoms with Gasteiger partial charge in [-0.1, -0.05) is 0 Å². The quantitative estimate of drug-likeness (QED) is 0.577. The second-order valence-electron chi connectivity index (χ2n) is 6.87. The van der Waals surface area contributed by atoms with Crippen LogP contribution < -0.4 is 24.4 Å². The molecule has 162 valence electrons. The van der Waals surface area contributed by atoms with Gasteiger partial charge in [0.2, 0.25) is 0 Å². The van der Waals surface area contributed by atoms with Crippen LogP contribution in [-0.4, -0.2) is 65.4 Å². The van der Waals surface area contributed by atoms with E-state index in [-0.39, 0.29) is 5.82 Å². The highest BCUT2D eigenvalue weighted by atomic mass is 19.1. The smallest absolute Gasteiger partial charge is 0.194 e. The third-order valence-corrected chi connectivity index (χ3v) is 5.21. The van der Waals surface area contributed by atoms with Crippen LogP contribution in [0.1, 0.15) is 5.56 Å². The second kappa shape index (κ2) is 10.0. The maximum Gasteiger partial charge on any atom is 0.194 e. The van der Waals surface area contributed by atoms with Gasteiger partial charge in [-0.05, 0) is 30.3 Å². The standard InChI is InChI=1S/C22H29FN4O3/c1-24-22(25-15-16-13-20(29-3)21(30-4)14-19(16)28-2)27-11-9-26(10-12-27)18-7-5-17(23)6-8-18/h5-8,13-14H,9-12,15H2,1-4H3,(H,24,25). The summed E-state index contributed by atoms with van der Waals surface area (Å²) in [6.07, 6.45) is 0. The van der Waals surface area contributed by atoms with E-state index >= 15 is 0 Å². The fourth-order valence-corrected chi connectivity index (χ4v) is 3.57. The average molecular weight is 416 g/mol. The van der Waals surface area contributed by atoms with Crippen molar-refractivity contribution in [2.45, 2.75) is 6.54 Å². The van der Waals surface area contributed by atoms with Gasteiger partial charge >= 0.3 is 0 Å². The van der Waals surface area contributed by atoms with Gasteiger partial charge in [0.15, 0.2) is 17.5 Å². The number of rotatable bonds is 6. The zero-order chi connectivity index (χ0) is 21.5. The number of methoxy groups -OCH3 is 3. The first-order valence-electron chi connectivity index (χ1n) is 9.84. The SMILES string of the molecule is CN=C(NCc1cc(OC)c(OC)cc1OC)N1CCN(c2ccc(F)cc2)CC1. The fraction of sp³-hybridized carbons (Fsp3) is 0.409. The lowest BCUT2D eigenvalue weighted by Crippen LogP contribution is -2.52. The van der Waals surface area contributed by atoms with Crippen molar-refractivity contribution in [1.29, 1.82) is 0 Å². The summed E-state index contributed by atoms with van der Waals surface area (Å²) in [4.78, 5) is 8.90. The summed E-state index contributed by atoms with van der Waals surface area (Å²) in [6.45, 7) is 3.85.